The van der Waals surface area contributed by atoms with Crippen LogP contribution in [0, 0.1) is 5.92 Å². The molecule has 0 atom stereocenters. The topological polar surface area (TPSA) is 72.9 Å². The quantitative estimate of drug-likeness (QED) is 0.904. The number of carbonyl (C=O) groups is 1. The van der Waals surface area contributed by atoms with Gasteiger partial charge < -0.3 is 11.1 Å². The van der Waals surface area contributed by atoms with Gasteiger partial charge in [-0.25, -0.2) is 0 Å². The van der Waals surface area contributed by atoms with E-state index in [-0.39, 0.29) is 5.54 Å². The Morgan fingerprint density at radius 2 is 2.00 bits per heavy atom. The van der Waals surface area contributed by atoms with Gasteiger partial charge in [-0.15, -0.1) is 0 Å². The summed E-state index contributed by atoms with van der Waals surface area (Å²) in [6.07, 6.45) is 2.24. The van der Waals surface area contributed by atoms with Crippen molar-refractivity contribution in [1.82, 2.24) is 15.1 Å². The number of carbonyl (C=O) groups excluding carboxylic acids is 1. The molecule has 1 aliphatic rings. The molecule has 1 aromatic carbocycles. The van der Waals surface area contributed by atoms with Crippen molar-refractivity contribution in [3.8, 4) is 0 Å². The van der Waals surface area contributed by atoms with Crippen LogP contribution in [-0.2, 0) is 5.54 Å². The van der Waals surface area contributed by atoms with Crippen LogP contribution < -0.4 is 11.1 Å². The second-order valence-electron chi connectivity index (χ2n) is 6.32. The Morgan fingerprint density at radius 3 is 2.67 bits per heavy atom. The first kappa shape index (κ1) is 14.1. The molecule has 0 unspecified atom stereocenters. The molecular weight excluding hydrogens is 264 g/mol. The highest BCUT2D eigenvalue weighted by Gasteiger charge is 2.35. The van der Waals surface area contributed by atoms with Crippen LogP contribution >= 0.6 is 0 Å². The first-order valence-electron chi connectivity index (χ1n) is 7.50. The third-order valence-corrected chi connectivity index (χ3v) is 4.70. The fraction of sp³-hybridized carbons (Fsp3) is 0.500. The molecule has 3 N–H and O–H groups in total. The Labute approximate surface area is 124 Å². The lowest BCUT2D eigenvalue weighted by Crippen LogP contribution is -2.42. The van der Waals surface area contributed by atoms with Crippen LogP contribution in [0.5, 0.6) is 0 Å². The minimum Gasteiger partial charge on any atom is -0.364 e. The van der Waals surface area contributed by atoms with Crippen LogP contribution in [0.3, 0.4) is 0 Å². The highest BCUT2D eigenvalue weighted by Crippen LogP contribution is 2.35. The highest BCUT2D eigenvalue weighted by atomic mass is 16.1. The molecule has 1 amide bonds. The fourth-order valence-electron chi connectivity index (χ4n) is 3.39. The van der Waals surface area contributed by atoms with Crippen molar-refractivity contribution < 1.29 is 4.79 Å². The van der Waals surface area contributed by atoms with E-state index in [1.54, 1.807) is 0 Å². The summed E-state index contributed by atoms with van der Waals surface area (Å²) >= 11 is 0. The van der Waals surface area contributed by atoms with Gasteiger partial charge in [-0.05, 0) is 51.8 Å². The molecular formula is C16H22N4O. The summed E-state index contributed by atoms with van der Waals surface area (Å²) in [7, 11) is 0. The summed E-state index contributed by atoms with van der Waals surface area (Å²) in [6.45, 7) is 6.48. The standard InChI is InChI=1S/C16H22N4O/c1-16(2,11-7-9-18-10-8-11)20-13-6-4-3-5-12(13)14(19-20)15(17)21/h3-6,11,18H,7-10H2,1-2H3,(H2,17,21). The third-order valence-electron chi connectivity index (χ3n) is 4.70. The van der Waals surface area contributed by atoms with E-state index in [2.05, 4.69) is 24.3 Å². The molecule has 21 heavy (non-hydrogen) atoms. The number of benzene rings is 1. The van der Waals surface area contributed by atoms with Crippen molar-refractivity contribution in [1.29, 1.82) is 0 Å². The van der Waals surface area contributed by atoms with Crippen molar-refractivity contribution in [3.05, 3.63) is 30.0 Å². The summed E-state index contributed by atoms with van der Waals surface area (Å²) in [5, 5.41) is 8.79. The Morgan fingerprint density at radius 1 is 1.33 bits per heavy atom. The van der Waals surface area contributed by atoms with E-state index in [9.17, 15) is 4.79 Å². The largest absolute Gasteiger partial charge is 0.364 e. The highest BCUT2D eigenvalue weighted by molar-refractivity contribution is 6.04. The lowest BCUT2D eigenvalue weighted by Gasteiger charge is -2.38. The average molecular weight is 286 g/mol. The zero-order valence-electron chi connectivity index (χ0n) is 12.6. The first-order valence-corrected chi connectivity index (χ1v) is 7.50. The summed E-state index contributed by atoms with van der Waals surface area (Å²) < 4.78 is 2.00. The fourth-order valence-corrected chi connectivity index (χ4v) is 3.39. The van der Waals surface area contributed by atoms with Gasteiger partial charge in [0, 0.05) is 5.39 Å². The van der Waals surface area contributed by atoms with Crippen molar-refractivity contribution in [3.63, 3.8) is 0 Å². The van der Waals surface area contributed by atoms with Gasteiger partial charge in [-0.3, -0.25) is 9.48 Å². The monoisotopic (exact) mass is 286 g/mol. The molecule has 2 heterocycles. The first-order chi connectivity index (χ1) is 10.0. The summed E-state index contributed by atoms with van der Waals surface area (Å²) in [6, 6.07) is 7.82. The van der Waals surface area contributed by atoms with Gasteiger partial charge in [0.1, 0.15) is 0 Å². The van der Waals surface area contributed by atoms with Gasteiger partial charge in [-0.1, -0.05) is 18.2 Å². The Balaban J connectivity index is 2.12. The zero-order chi connectivity index (χ0) is 15.0. The summed E-state index contributed by atoms with van der Waals surface area (Å²) in [5.74, 6) is 0.0637. The van der Waals surface area contributed by atoms with Crippen LogP contribution in [0.2, 0.25) is 0 Å². The summed E-state index contributed by atoms with van der Waals surface area (Å²) in [4.78, 5) is 11.7. The van der Waals surface area contributed by atoms with E-state index in [0.29, 0.717) is 11.6 Å². The molecule has 0 bridgehead atoms. The van der Waals surface area contributed by atoms with E-state index < -0.39 is 5.91 Å². The minimum absolute atomic E-state index is 0.143. The van der Waals surface area contributed by atoms with Crippen LogP contribution in [0.1, 0.15) is 37.2 Å². The number of nitrogens with one attached hydrogen (secondary N) is 1. The number of aromatic nitrogens is 2. The lowest BCUT2D eigenvalue weighted by atomic mass is 9.81. The molecule has 5 heteroatoms. The second-order valence-corrected chi connectivity index (χ2v) is 6.32. The molecule has 1 fully saturated rings. The predicted molar refractivity (Wildman–Crippen MR) is 83.2 cm³/mol. The van der Waals surface area contributed by atoms with Crippen LogP contribution in [-0.4, -0.2) is 28.8 Å². The van der Waals surface area contributed by atoms with Gasteiger partial charge in [-0.2, -0.15) is 5.10 Å². The predicted octanol–water partition coefficient (Wildman–Crippen LogP) is 1.87. The van der Waals surface area contributed by atoms with Crippen molar-refractivity contribution in [2.24, 2.45) is 11.7 Å². The number of fused-ring (bicyclic) bond motifs is 1. The minimum atomic E-state index is -0.467. The maximum atomic E-state index is 11.7. The van der Waals surface area contributed by atoms with Crippen LogP contribution in [0.25, 0.3) is 10.9 Å². The molecule has 5 nitrogen and oxygen atoms in total. The number of nitrogens with two attached hydrogens (primary N) is 1. The third kappa shape index (κ3) is 2.31. The molecule has 112 valence electrons. The molecule has 1 aliphatic heterocycles. The van der Waals surface area contributed by atoms with Crippen molar-refractivity contribution in [2.45, 2.75) is 32.2 Å². The Bertz CT molecular complexity index is 668. The number of rotatable bonds is 3. The number of para-hydroxylation sites is 1. The number of amides is 1. The molecule has 0 aliphatic carbocycles. The van der Waals surface area contributed by atoms with E-state index >= 15 is 0 Å². The number of hydrogen-bond acceptors (Lipinski definition) is 3. The zero-order valence-corrected chi connectivity index (χ0v) is 12.6. The average Bonchev–Trinajstić information content (AvgIpc) is 2.88. The molecule has 0 saturated carbocycles. The lowest BCUT2D eigenvalue weighted by molar-refractivity contribution is 0.0992. The van der Waals surface area contributed by atoms with E-state index in [1.807, 2.05) is 28.9 Å². The van der Waals surface area contributed by atoms with Gasteiger partial charge in [0.25, 0.3) is 5.91 Å². The smallest absolute Gasteiger partial charge is 0.269 e. The van der Waals surface area contributed by atoms with Crippen molar-refractivity contribution in [2.75, 3.05) is 13.1 Å². The molecule has 0 radical (unpaired) electrons. The SMILES string of the molecule is CC(C)(C1CCNCC1)n1nc(C(N)=O)c2ccccc21. The number of primary amides is 1. The van der Waals surface area contributed by atoms with E-state index in [4.69, 9.17) is 5.73 Å². The van der Waals surface area contributed by atoms with Gasteiger partial charge in [0.05, 0.1) is 11.1 Å². The van der Waals surface area contributed by atoms with Gasteiger partial charge in [0.15, 0.2) is 5.69 Å². The Hall–Kier alpha value is -1.88. The van der Waals surface area contributed by atoms with E-state index in [1.165, 1.54) is 0 Å². The van der Waals surface area contributed by atoms with Gasteiger partial charge in [0.2, 0.25) is 0 Å². The molecule has 1 aromatic heterocycles. The second kappa shape index (κ2) is 5.15. The number of hydrogen-bond donors (Lipinski definition) is 2. The normalized spacial score (nSPS) is 17.2. The molecule has 3 rings (SSSR count). The summed E-state index contributed by atoms with van der Waals surface area (Å²) in [5.41, 5.74) is 6.70. The van der Waals surface area contributed by atoms with Gasteiger partial charge >= 0.3 is 0 Å². The van der Waals surface area contributed by atoms with Crippen LogP contribution in [0.4, 0.5) is 0 Å². The van der Waals surface area contributed by atoms with Crippen molar-refractivity contribution >= 4 is 16.8 Å². The number of piperidine rings is 1. The van der Waals surface area contributed by atoms with E-state index in [0.717, 1.165) is 36.8 Å². The molecule has 0 spiro atoms. The maximum absolute atomic E-state index is 11.7. The molecule has 2 aromatic rings. The number of nitrogens with zero attached hydrogens (tertiary/aromatic N) is 2. The van der Waals surface area contributed by atoms with Crippen LogP contribution in [0.15, 0.2) is 24.3 Å². The maximum Gasteiger partial charge on any atom is 0.269 e. The molecule has 1 saturated heterocycles. The Kier molecular flexibility index (Phi) is 3.45.